The second-order valence-corrected chi connectivity index (χ2v) is 7.18. The van der Waals surface area contributed by atoms with Crippen LogP contribution in [0.2, 0.25) is 0 Å². The standard InChI is InChI=1S/C11H15N5O2S2/c1-11(2,3)7-4-19-10(13-7)20-5-8(17)15-16-6-12-14-9(16)18/h4,6H,5H2,1-3H3,(H,14,18)(H,15,17). The summed E-state index contributed by atoms with van der Waals surface area (Å²) < 4.78 is 1.84. The number of thioether (sulfide) groups is 1. The number of carbonyl (C=O) groups is 1. The number of rotatable bonds is 4. The van der Waals surface area contributed by atoms with Gasteiger partial charge >= 0.3 is 5.69 Å². The van der Waals surface area contributed by atoms with E-state index in [9.17, 15) is 9.59 Å². The molecule has 2 N–H and O–H groups in total. The Hall–Kier alpha value is -1.61. The minimum Gasteiger partial charge on any atom is -0.272 e. The van der Waals surface area contributed by atoms with Crippen molar-refractivity contribution in [2.45, 2.75) is 30.5 Å². The zero-order valence-electron chi connectivity index (χ0n) is 11.3. The van der Waals surface area contributed by atoms with Gasteiger partial charge in [0.25, 0.3) is 0 Å². The Kier molecular flexibility index (Phi) is 4.29. The lowest BCUT2D eigenvalue weighted by atomic mass is 9.93. The van der Waals surface area contributed by atoms with Crippen LogP contribution in [0.15, 0.2) is 20.8 Å². The normalized spacial score (nSPS) is 11.6. The van der Waals surface area contributed by atoms with E-state index in [1.165, 1.54) is 29.4 Å². The minimum absolute atomic E-state index is 0.00166. The van der Waals surface area contributed by atoms with Crippen LogP contribution in [0.1, 0.15) is 26.5 Å². The summed E-state index contributed by atoms with van der Waals surface area (Å²) in [5.74, 6) is -0.0969. The van der Waals surface area contributed by atoms with Crippen molar-refractivity contribution in [3.8, 4) is 0 Å². The van der Waals surface area contributed by atoms with Crippen LogP contribution in [0.5, 0.6) is 0 Å². The van der Waals surface area contributed by atoms with E-state index < -0.39 is 5.69 Å². The lowest BCUT2D eigenvalue weighted by Crippen LogP contribution is -2.31. The van der Waals surface area contributed by atoms with Crippen molar-refractivity contribution in [2.75, 3.05) is 11.2 Å². The summed E-state index contributed by atoms with van der Waals surface area (Å²) in [5, 5.41) is 7.71. The van der Waals surface area contributed by atoms with Gasteiger partial charge in [-0.05, 0) is 0 Å². The molecule has 9 heteroatoms. The Bertz CT molecular complexity index is 652. The molecule has 0 aliphatic rings. The van der Waals surface area contributed by atoms with Crippen molar-refractivity contribution >= 4 is 29.0 Å². The molecule has 0 atom stereocenters. The second kappa shape index (κ2) is 5.80. The first kappa shape index (κ1) is 14.8. The number of amides is 1. The Balaban J connectivity index is 1.89. The molecule has 0 bridgehead atoms. The number of thiazole rings is 1. The Morgan fingerprint density at radius 3 is 2.85 bits per heavy atom. The van der Waals surface area contributed by atoms with Gasteiger partial charge in [-0.25, -0.2) is 14.9 Å². The maximum absolute atomic E-state index is 11.7. The number of hydrogen-bond acceptors (Lipinski definition) is 6. The quantitative estimate of drug-likeness (QED) is 0.827. The molecule has 7 nitrogen and oxygen atoms in total. The van der Waals surface area contributed by atoms with E-state index >= 15 is 0 Å². The van der Waals surface area contributed by atoms with Crippen LogP contribution in [0.25, 0.3) is 0 Å². The van der Waals surface area contributed by atoms with Gasteiger partial charge in [0.1, 0.15) is 6.33 Å². The van der Waals surface area contributed by atoms with E-state index in [0.717, 1.165) is 14.7 Å². The van der Waals surface area contributed by atoms with Crippen LogP contribution >= 0.6 is 23.1 Å². The van der Waals surface area contributed by atoms with E-state index in [1.54, 1.807) is 0 Å². The highest BCUT2D eigenvalue weighted by Gasteiger charge is 2.18. The maximum Gasteiger partial charge on any atom is 0.362 e. The molecular weight excluding hydrogens is 298 g/mol. The molecule has 2 heterocycles. The first-order valence-corrected chi connectivity index (χ1v) is 7.73. The summed E-state index contributed by atoms with van der Waals surface area (Å²) in [6, 6.07) is 0. The third-order valence-electron chi connectivity index (χ3n) is 2.38. The predicted molar refractivity (Wildman–Crippen MR) is 78.8 cm³/mol. The highest BCUT2D eigenvalue weighted by atomic mass is 32.2. The molecule has 0 aromatic carbocycles. The average Bonchev–Trinajstić information content (AvgIpc) is 2.96. The molecule has 0 spiro atoms. The first-order valence-electron chi connectivity index (χ1n) is 5.87. The lowest BCUT2D eigenvalue weighted by molar-refractivity contribution is -0.114. The molecule has 2 aromatic rings. The van der Waals surface area contributed by atoms with Crippen LogP contribution in [0.3, 0.4) is 0 Å². The molecule has 0 unspecified atom stereocenters. The van der Waals surface area contributed by atoms with Gasteiger partial charge in [-0.3, -0.25) is 10.2 Å². The van der Waals surface area contributed by atoms with Gasteiger partial charge in [0.15, 0.2) is 4.34 Å². The minimum atomic E-state index is -0.479. The summed E-state index contributed by atoms with van der Waals surface area (Å²) in [6.45, 7) is 6.28. The van der Waals surface area contributed by atoms with Crippen molar-refractivity contribution < 1.29 is 4.79 Å². The topological polar surface area (TPSA) is 92.7 Å². The highest BCUT2D eigenvalue weighted by molar-refractivity contribution is 8.01. The summed E-state index contributed by atoms with van der Waals surface area (Å²) in [6.07, 6.45) is 1.21. The van der Waals surface area contributed by atoms with Gasteiger partial charge in [-0.15, -0.1) is 11.3 Å². The largest absolute Gasteiger partial charge is 0.362 e. The zero-order chi connectivity index (χ0) is 14.8. The van der Waals surface area contributed by atoms with Crippen molar-refractivity contribution in [1.82, 2.24) is 19.9 Å². The lowest BCUT2D eigenvalue weighted by Gasteiger charge is -2.14. The fourth-order valence-corrected chi connectivity index (χ4v) is 3.13. The van der Waals surface area contributed by atoms with Gasteiger partial charge in [-0.1, -0.05) is 32.5 Å². The Morgan fingerprint density at radius 1 is 1.55 bits per heavy atom. The van der Waals surface area contributed by atoms with Crippen molar-refractivity contribution in [3.63, 3.8) is 0 Å². The summed E-state index contributed by atoms with van der Waals surface area (Å²) in [4.78, 5) is 27.3. The Labute approximate surface area is 123 Å². The summed E-state index contributed by atoms with van der Waals surface area (Å²) in [5.41, 5.74) is 2.96. The second-order valence-electron chi connectivity index (χ2n) is 5.10. The van der Waals surface area contributed by atoms with E-state index in [0.29, 0.717) is 0 Å². The Morgan fingerprint density at radius 2 is 2.30 bits per heavy atom. The van der Waals surface area contributed by atoms with Gasteiger partial charge in [-0.2, -0.15) is 9.77 Å². The molecule has 0 aliphatic heterocycles. The number of hydrogen-bond donors (Lipinski definition) is 2. The highest BCUT2D eigenvalue weighted by Crippen LogP contribution is 2.28. The monoisotopic (exact) mass is 313 g/mol. The van der Waals surface area contributed by atoms with Crippen LogP contribution in [-0.2, 0) is 10.2 Å². The van der Waals surface area contributed by atoms with Gasteiger partial charge < -0.3 is 0 Å². The number of carbonyl (C=O) groups excluding carboxylic acids is 1. The average molecular weight is 313 g/mol. The summed E-state index contributed by atoms with van der Waals surface area (Å²) >= 11 is 2.86. The van der Waals surface area contributed by atoms with Gasteiger partial charge in [0.05, 0.1) is 11.4 Å². The molecule has 0 radical (unpaired) electrons. The third kappa shape index (κ3) is 3.70. The molecule has 2 aromatic heterocycles. The van der Waals surface area contributed by atoms with Crippen LogP contribution in [0.4, 0.5) is 0 Å². The number of nitrogens with one attached hydrogen (secondary N) is 2. The van der Waals surface area contributed by atoms with Crippen molar-refractivity contribution in [3.05, 3.63) is 27.9 Å². The van der Waals surface area contributed by atoms with E-state index in [-0.39, 0.29) is 17.1 Å². The third-order valence-corrected chi connectivity index (χ3v) is 4.40. The molecule has 20 heavy (non-hydrogen) atoms. The molecule has 0 saturated heterocycles. The molecule has 0 aliphatic carbocycles. The van der Waals surface area contributed by atoms with Gasteiger partial charge in [0, 0.05) is 10.8 Å². The molecule has 0 fully saturated rings. The van der Waals surface area contributed by atoms with Crippen molar-refractivity contribution in [2.24, 2.45) is 0 Å². The van der Waals surface area contributed by atoms with Crippen LogP contribution in [0, 0.1) is 0 Å². The first-order chi connectivity index (χ1) is 9.36. The number of aromatic nitrogens is 4. The molecule has 108 valence electrons. The van der Waals surface area contributed by atoms with E-state index in [2.05, 4.69) is 41.4 Å². The van der Waals surface area contributed by atoms with Crippen LogP contribution in [-0.4, -0.2) is 31.5 Å². The van der Waals surface area contributed by atoms with E-state index in [1.807, 2.05) is 5.38 Å². The smallest absolute Gasteiger partial charge is 0.272 e. The summed E-state index contributed by atoms with van der Waals surface area (Å²) in [7, 11) is 0. The molecule has 0 saturated carbocycles. The van der Waals surface area contributed by atoms with E-state index in [4.69, 9.17) is 0 Å². The molecule has 1 amide bonds. The maximum atomic E-state index is 11.7. The fourth-order valence-electron chi connectivity index (χ4n) is 1.29. The zero-order valence-corrected chi connectivity index (χ0v) is 13.0. The van der Waals surface area contributed by atoms with Crippen molar-refractivity contribution in [1.29, 1.82) is 0 Å². The van der Waals surface area contributed by atoms with Crippen LogP contribution < -0.4 is 11.1 Å². The molecule has 2 rings (SSSR count). The number of nitrogens with zero attached hydrogens (tertiary/aromatic N) is 3. The van der Waals surface area contributed by atoms with Gasteiger partial charge in [0.2, 0.25) is 5.91 Å². The fraction of sp³-hybridized carbons (Fsp3) is 0.455. The SMILES string of the molecule is CC(C)(C)c1csc(SCC(=O)Nn2cn[nH]c2=O)n1. The predicted octanol–water partition coefficient (Wildman–Crippen LogP) is 1.19. The number of H-pyrrole nitrogens is 1. The molecular formula is C11H15N5O2S2. The number of aromatic amines is 1.